The lowest BCUT2D eigenvalue weighted by Crippen LogP contribution is -2.38. The van der Waals surface area contributed by atoms with Crippen molar-refractivity contribution in [2.24, 2.45) is 4.99 Å². The number of hydrogen-bond acceptors (Lipinski definition) is 4. The number of benzene rings is 2. The molecule has 6 nitrogen and oxygen atoms in total. The summed E-state index contributed by atoms with van der Waals surface area (Å²) >= 11 is 0. The summed E-state index contributed by atoms with van der Waals surface area (Å²) in [7, 11) is -3.15. The van der Waals surface area contributed by atoms with Gasteiger partial charge in [0, 0.05) is 44.7 Å². The van der Waals surface area contributed by atoms with Crippen LogP contribution in [0, 0.1) is 0 Å². The zero-order valence-corrected chi connectivity index (χ0v) is 21.8. The smallest absolute Gasteiger partial charge is 0.191 e. The minimum absolute atomic E-state index is 0. The Bertz CT molecular complexity index is 888. The highest BCUT2D eigenvalue weighted by molar-refractivity contribution is 14.0. The molecule has 2 aromatic rings. The molecule has 0 atom stereocenters. The SMILES string of the molecule is CCNC(=NCCCN(CC)c1ccccc1)NCCc1ccc(S(C)(=O)=O)cc1.I. The largest absolute Gasteiger partial charge is 0.372 e. The van der Waals surface area contributed by atoms with Crippen molar-refractivity contribution in [1.82, 2.24) is 10.6 Å². The van der Waals surface area contributed by atoms with Crippen LogP contribution in [-0.4, -0.2) is 53.4 Å². The van der Waals surface area contributed by atoms with E-state index in [2.05, 4.69) is 58.6 Å². The van der Waals surface area contributed by atoms with E-state index in [4.69, 9.17) is 0 Å². The third kappa shape index (κ3) is 9.90. The van der Waals surface area contributed by atoms with Gasteiger partial charge in [-0.25, -0.2) is 8.42 Å². The van der Waals surface area contributed by atoms with Crippen molar-refractivity contribution in [2.45, 2.75) is 31.6 Å². The van der Waals surface area contributed by atoms with E-state index in [1.807, 2.05) is 18.2 Å². The fourth-order valence-electron chi connectivity index (χ4n) is 3.13. The molecule has 0 aromatic heterocycles. The molecule has 0 saturated heterocycles. The van der Waals surface area contributed by atoms with Crippen LogP contribution in [0.1, 0.15) is 25.8 Å². The monoisotopic (exact) mass is 558 g/mol. The van der Waals surface area contributed by atoms with Gasteiger partial charge in [0.1, 0.15) is 0 Å². The lowest BCUT2D eigenvalue weighted by atomic mass is 10.1. The normalized spacial score (nSPS) is 11.5. The van der Waals surface area contributed by atoms with Crippen molar-refractivity contribution in [1.29, 1.82) is 0 Å². The second-order valence-corrected chi connectivity index (χ2v) is 9.14. The van der Waals surface area contributed by atoms with E-state index in [1.54, 1.807) is 12.1 Å². The molecule has 0 saturated carbocycles. The van der Waals surface area contributed by atoms with Gasteiger partial charge in [-0.1, -0.05) is 30.3 Å². The van der Waals surface area contributed by atoms with Crippen molar-refractivity contribution < 1.29 is 8.42 Å². The summed E-state index contributed by atoms with van der Waals surface area (Å²) in [5, 5.41) is 6.63. The fraction of sp³-hybridized carbons (Fsp3) is 0.435. The van der Waals surface area contributed by atoms with Crippen LogP contribution in [0.25, 0.3) is 0 Å². The number of para-hydroxylation sites is 1. The molecule has 2 N–H and O–H groups in total. The molecule has 0 amide bonds. The van der Waals surface area contributed by atoms with Crippen LogP contribution in [0.3, 0.4) is 0 Å². The molecule has 2 rings (SSSR count). The van der Waals surface area contributed by atoms with E-state index < -0.39 is 9.84 Å². The number of rotatable bonds is 11. The van der Waals surface area contributed by atoms with Crippen LogP contribution in [0.15, 0.2) is 64.5 Å². The molecular formula is C23H35IN4O2S. The molecule has 172 valence electrons. The lowest BCUT2D eigenvalue weighted by molar-refractivity contribution is 0.602. The highest BCUT2D eigenvalue weighted by Crippen LogP contribution is 2.13. The summed E-state index contributed by atoms with van der Waals surface area (Å²) in [5.74, 6) is 0.813. The molecule has 0 fully saturated rings. The molecule has 0 heterocycles. The Balaban J connectivity index is 0.00000480. The number of hydrogen-bond donors (Lipinski definition) is 2. The van der Waals surface area contributed by atoms with Crippen LogP contribution >= 0.6 is 24.0 Å². The van der Waals surface area contributed by atoms with Crippen LogP contribution in [0.4, 0.5) is 5.69 Å². The molecule has 0 spiro atoms. The van der Waals surface area contributed by atoms with Gasteiger partial charge in [-0.2, -0.15) is 0 Å². The molecule has 8 heteroatoms. The minimum Gasteiger partial charge on any atom is -0.372 e. The van der Waals surface area contributed by atoms with Crippen LogP contribution < -0.4 is 15.5 Å². The summed E-state index contributed by atoms with van der Waals surface area (Å²) in [5.41, 5.74) is 2.34. The molecule has 0 aliphatic heterocycles. The average molecular weight is 559 g/mol. The van der Waals surface area contributed by atoms with Gasteiger partial charge in [-0.3, -0.25) is 4.99 Å². The first kappa shape index (κ1) is 27.2. The second-order valence-electron chi connectivity index (χ2n) is 7.12. The number of sulfone groups is 1. The summed E-state index contributed by atoms with van der Waals surface area (Å²) in [6, 6.07) is 17.5. The first-order chi connectivity index (χ1) is 14.4. The Morgan fingerprint density at radius 1 is 1.00 bits per heavy atom. The number of nitrogens with one attached hydrogen (secondary N) is 2. The van der Waals surface area contributed by atoms with Crippen LogP contribution in [0.2, 0.25) is 0 Å². The molecular weight excluding hydrogens is 523 g/mol. The highest BCUT2D eigenvalue weighted by Gasteiger charge is 2.06. The molecule has 0 unspecified atom stereocenters. The van der Waals surface area contributed by atoms with E-state index >= 15 is 0 Å². The maximum absolute atomic E-state index is 11.5. The zero-order valence-electron chi connectivity index (χ0n) is 18.7. The first-order valence-electron chi connectivity index (χ1n) is 10.5. The summed E-state index contributed by atoms with van der Waals surface area (Å²) in [4.78, 5) is 7.39. The summed E-state index contributed by atoms with van der Waals surface area (Å²) in [6.45, 7) is 8.46. The van der Waals surface area contributed by atoms with Crippen LogP contribution in [0.5, 0.6) is 0 Å². The number of halogens is 1. The predicted molar refractivity (Wildman–Crippen MR) is 142 cm³/mol. The van der Waals surface area contributed by atoms with Crippen molar-refractivity contribution in [3.63, 3.8) is 0 Å². The third-order valence-electron chi connectivity index (χ3n) is 4.76. The van der Waals surface area contributed by atoms with Gasteiger partial charge in [0.25, 0.3) is 0 Å². The lowest BCUT2D eigenvalue weighted by Gasteiger charge is -2.22. The number of anilines is 1. The number of nitrogens with zero attached hydrogens (tertiary/aromatic N) is 2. The average Bonchev–Trinajstić information content (AvgIpc) is 2.74. The maximum Gasteiger partial charge on any atom is 0.191 e. The van der Waals surface area contributed by atoms with Gasteiger partial charge in [0.2, 0.25) is 0 Å². The van der Waals surface area contributed by atoms with E-state index in [1.165, 1.54) is 11.9 Å². The van der Waals surface area contributed by atoms with Gasteiger partial charge >= 0.3 is 0 Å². The Morgan fingerprint density at radius 3 is 2.26 bits per heavy atom. The van der Waals surface area contributed by atoms with E-state index in [0.717, 1.165) is 57.1 Å². The van der Waals surface area contributed by atoms with Crippen LogP contribution in [-0.2, 0) is 16.3 Å². The topological polar surface area (TPSA) is 73.8 Å². The zero-order chi connectivity index (χ0) is 21.8. The third-order valence-corrected chi connectivity index (χ3v) is 5.89. The van der Waals surface area contributed by atoms with E-state index in [0.29, 0.717) is 4.90 Å². The Hall–Kier alpha value is -1.81. The van der Waals surface area contributed by atoms with Gasteiger partial charge in [-0.05, 0) is 56.5 Å². The molecule has 0 aliphatic carbocycles. The quantitative estimate of drug-likeness (QED) is 0.190. The molecule has 0 bridgehead atoms. The Kier molecular flexibility index (Phi) is 12.5. The van der Waals surface area contributed by atoms with Crippen molar-refractivity contribution in [3.8, 4) is 0 Å². The van der Waals surface area contributed by atoms with Gasteiger partial charge in [0.15, 0.2) is 15.8 Å². The second kappa shape index (κ2) is 14.3. The molecule has 0 radical (unpaired) electrons. The van der Waals surface area contributed by atoms with E-state index in [-0.39, 0.29) is 24.0 Å². The summed E-state index contributed by atoms with van der Waals surface area (Å²) < 4.78 is 23.1. The van der Waals surface area contributed by atoms with Gasteiger partial charge < -0.3 is 15.5 Å². The Morgan fingerprint density at radius 2 is 1.68 bits per heavy atom. The standard InChI is InChI=1S/C23H34N4O2S.HI/c1-4-24-23(25-17-9-19-27(5-2)21-10-7-6-8-11-21)26-18-16-20-12-14-22(15-13-20)30(3,28)29;/h6-8,10-15H,4-5,9,16-19H2,1-3H3,(H2,24,25,26);1H. The minimum atomic E-state index is -3.15. The maximum atomic E-state index is 11.5. The molecule has 2 aromatic carbocycles. The highest BCUT2D eigenvalue weighted by atomic mass is 127. The Labute approximate surface area is 204 Å². The van der Waals surface area contributed by atoms with Gasteiger partial charge in [0.05, 0.1) is 4.90 Å². The first-order valence-corrected chi connectivity index (χ1v) is 12.4. The predicted octanol–water partition coefficient (Wildman–Crippen LogP) is 3.72. The van der Waals surface area contributed by atoms with E-state index in [9.17, 15) is 8.42 Å². The number of aliphatic imine (C=N–C) groups is 1. The molecule has 31 heavy (non-hydrogen) atoms. The van der Waals surface area contributed by atoms with Crippen molar-refractivity contribution >= 4 is 45.5 Å². The van der Waals surface area contributed by atoms with Crippen molar-refractivity contribution in [3.05, 3.63) is 60.2 Å². The summed E-state index contributed by atoms with van der Waals surface area (Å²) in [6.07, 6.45) is 3.00. The van der Waals surface area contributed by atoms with Gasteiger partial charge in [-0.15, -0.1) is 24.0 Å². The molecule has 0 aliphatic rings. The fourth-order valence-corrected chi connectivity index (χ4v) is 3.76. The van der Waals surface area contributed by atoms with Crippen molar-refractivity contribution in [2.75, 3.05) is 43.9 Å². The number of guanidine groups is 1.